The van der Waals surface area contributed by atoms with Gasteiger partial charge in [-0.05, 0) is 44.5 Å². The Morgan fingerprint density at radius 2 is 1.93 bits per heavy atom. The van der Waals surface area contributed by atoms with Gasteiger partial charge in [-0.3, -0.25) is 0 Å². The van der Waals surface area contributed by atoms with Crippen molar-refractivity contribution < 1.29 is 4.43 Å². The van der Waals surface area contributed by atoms with Crippen LogP contribution in [-0.4, -0.2) is 35.5 Å². The van der Waals surface area contributed by atoms with Crippen LogP contribution in [0.25, 0.3) is 11.3 Å². The summed E-state index contributed by atoms with van der Waals surface area (Å²) in [5.41, 5.74) is 8.94. The molecule has 2 rings (SSSR count). The molecule has 0 unspecified atom stereocenters. The lowest BCUT2D eigenvalue weighted by atomic mass is 10.1. The Morgan fingerprint density at radius 1 is 1.25 bits per heavy atom. The van der Waals surface area contributed by atoms with Gasteiger partial charge in [-0.15, -0.1) is 0 Å². The lowest BCUT2D eigenvalue weighted by Gasteiger charge is -2.36. The normalized spacial score (nSPS) is 12.6. The molecule has 0 aliphatic rings. The van der Waals surface area contributed by atoms with Crippen molar-refractivity contribution in [2.75, 3.05) is 17.7 Å². The third-order valence-corrected chi connectivity index (χ3v) is 10.0. The van der Waals surface area contributed by atoms with E-state index in [0.29, 0.717) is 17.7 Å². The summed E-state index contributed by atoms with van der Waals surface area (Å²) in [6.07, 6.45) is 4.43. The fourth-order valence-electron chi connectivity index (χ4n) is 2.67. The average molecular weight is 424 g/mol. The molecule has 8 heteroatoms. The molecule has 0 bridgehead atoms. The molecule has 0 aromatic carbocycles. The Balaban J connectivity index is 2.17. The number of nitrogens with one attached hydrogen (secondary N) is 1. The predicted molar refractivity (Wildman–Crippen MR) is 121 cm³/mol. The van der Waals surface area contributed by atoms with Gasteiger partial charge in [0.2, 0.25) is 5.95 Å². The molecular formula is C20H34ClN5OSi. The first-order valence-electron chi connectivity index (χ1n) is 9.80. The molecule has 3 N–H and O–H groups in total. The quantitative estimate of drug-likeness (QED) is 0.337. The number of hydrogen-bond donors (Lipinski definition) is 2. The molecule has 2 aromatic heterocycles. The summed E-state index contributed by atoms with van der Waals surface area (Å²) in [5.74, 6) is 0.493. The second-order valence-corrected chi connectivity index (χ2v) is 14.2. The smallest absolute Gasteiger partial charge is 0.200 e. The van der Waals surface area contributed by atoms with E-state index >= 15 is 0 Å². The van der Waals surface area contributed by atoms with E-state index in [0.717, 1.165) is 29.9 Å². The van der Waals surface area contributed by atoms with Crippen LogP contribution in [0.5, 0.6) is 0 Å². The lowest BCUT2D eigenvalue weighted by Crippen LogP contribution is -2.41. The van der Waals surface area contributed by atoms with Gasteiger partial charge < -0.3 is 20.0 Å². The summed E-state index contributed by atoms with van der Waals surface area (Å²) in [4.78, 5) is 8.58. The molecule has 0 aliphatic carbocycles. The van der Waals surface area contributed by atoms with Crippen LogP contribution in [0.4, 0.5) is 11.6 Å². The first kappa shape index (κ1) is 22.7. The van der Waals surface area contributed by atoms with Gasteiger partial charge in [0, 0.05) is 36.6 Å². The highest BCUT2D eigenvalue weighted by Gasteiger charge is 2.36. The van der Waals surface area contributed by atoms with Crippen molar-refractivity contribution in [2.45, 2.75) is 71.8 Å². The average Bonchev–Trinajstić information content (AvgIpc) is 2.91. The minimum atomic E-state index is -1.74. The van der Waals surface area contributed by atoms with Crippen molar-refractivity contribution in [1.29, 1.82) is 0 Å². The first-order valence-corrected chi connectivity index (χ1v) is 13.1. The van der Waals surface area contributed by atoms with E-state index in [-0.39, 0.29) is 11.1 Å². The van der Waals surface area contributed by atoms with Gasteiger partial charge in [-0.1, -0.05) is 32.4 Å². The van der Waals surface area contributed by atoms with Crippen molar-refractivity contribution in [3.8, 4) is 11.3 Å². The number of anilines is 2. The van der Waals surface area contributed by atoms with Crippen LogP contribution in [0.1, 0.15) is 41.0 Å². The zero-order valence-corrected chi connectivity index (χ0v) is 19.9. The van der Waals surface area contributed by atoms with Gasteiger partial charge in [-0.25, -0.2) is 9.97 Å². The van der Waals surface area contributed by atoms with E-state index < -0.39 is 8.32 Å². The maximum absolute atomic E-state index is 6.29. The monoisotopic (exact) mass is 423 g/mol. The highest BCUT2D eigenvalue weighted by atomic mass is 35.5. The molecule has 0 saturated carbocycles. The number of aromatic nitrogens is 3. The number of rotatable bonds is 8. The van der Waals surface area contributed by atoms with Crippen LogP contribution in [0, 0.1) is 0 Å². The maximum Gasteiger partial charge on any atom is 0.200 e. The second kappa shape index (κ2) is 8.84. The molecule has 0 aliphatic heterocycles. The highest BCUT2D eigenvalue weighted by Crippen LogP contribution is 2.36. The fourth-order valence-corrected chi connectivity index (χ4v) is 3.92. The Hall–Kier alpha value is -1.57. The Bertz CT molecular complexity index is 798. The highest BCUT2D eigenvalue weighted by molar-refractivity contribution is 6.74. The third-order valence-electron chi connectivity index (χ3n) is 5.27. The van der Waals surface area contributed by atoms with Gasteiger partial charge in [0.15, 0.2) is 8.32 Å². The number of pyridine rings is 1. The Labute approximate surface area is 175 Å². The van der Waals surface area contributed by atoms with Crippen LogP contribution in [0.15, 0.2) is 18.5 Å². The van der Waals surface area contributed by atoms with E-state index in [1.54, 1.807) is 12.4 Å². The largest absolute Gasteiger partial charge is 0.417 e. The molecular weight excluding hydrogens is 390 g/mol. The Morgan fingerprint density at radius 3 is 2.54 bits per heavy atom. The van der Waals surface area contributed by atoms with Crippen LogP contribution in [0.3, 0.4) is 0 Å². The SMILES string of the molecule is CC(C)Nc1cc(Cl)ncc1-c1cnc(N)n1CCCO[Si](C)(C)C(C)(C)C. The molecule has 0 radical (unpaired) electrons. The zero-order valence-electron chi connectivity index (χ0n) is 18.1. The maximum atomic E-state index is 6.29. The Kier molecular flexibility index (Phi) is 7.17. The molecule has 2 aromatic rings. The molecule has 156 valence electrons. The van der Waals surface area contributed by atoms with E-state index in [9.17, 15) is 0 Å². The number of nitrogens with zero attached hydrogens (tertiary/aromatic N) is 3. The third kappa shape index (κ3) is 5.49. The molecule has 0 saturated heterocycles. The van der Waals surface area contributed by atoms with Crippen LogP contribution in [0.2, 0.25) is 23.3 Å². The van der Waals surface area contributed by atoms with E-state index in [2.05, 4.69) is 63.0 Å². The topological polar surface area (TPSA) is 78.0 Å². The van der Waals surface area contributed by atoms with Crippen molar-refractivity contribution in [3.05, 3.63) is 23.6 Å². The van der Waals surface area contributed by atoms with Gasteiger partial charge in [-0.2, -0.15) is 0 Å². The molecule has 0 spiro atoms. The fraction of sp³-hybridized carbons (Fsp3) is 0.600. The van der Waals surface area contributed by atoms with Crippen LogP contribution < -0.4 is 11.1 Å². The van der Waals surface area contributed by atoms with Gasteiger partial charge in [0.1, 0.15) is 5.15 Å². The second-order valence-electron chi connectivity index (χ2n) is 8.97. The summed E-state index contributed by atoms with van der Waals surface area (Å²) in [6, 6.07) is 2.11. The minimum absolute atomic E-state index is 0.207. The summed E-state index contributed by atoms with van der Waals surface area (Å²) >= 11 is 6.10. The molecule has 0 fully saturated rings. The van der Waals surface area contributed by atoms with Crippen molar-refractivity contribution in [2.24, 2.45) is 0 Å². The minimum Gasteiger partial charge on any atom is -0.417 e. The summed E-state index contributed by atoms with van der Waals surface area (Å²) in [7, 11) is -1.74. The van der Waals surface area contributed by atoms with Crippen molar-refractivity contribution in [3.63, 3.8) is 0 Å². The number of imidazole rings is 1. The summed E-state index contributed by atoms with van der Waals surface area (Å²) in [5, 5.41) is 4.09. The molecule has 28 heavy (non-hydrogen) atoms. The standard InChI is InChI=1S/C20H34ClN5OSi/c1-14(2)25-16-11-18(21)23-12-15(16)17-13-24-19(22)26(17)9-8-10-27-28(6,7)20(3,4)5/h11-14H,8-10H2,1-7H3,(H2,22,24)(H,23,25). The van der Waals surface area contributed by atoms with E-state index in [1.807, 2.05) is 10.6 Å². The van der Waals surface area contributed by atoms with Crippen LogP contribution >= 0.6 is 11.6 Å². The van der Waals surface area contributed by atoms with Gasteiger partial charge in [0.05, 0.1) is 11.9 Å². The van der Waals surface area contributed by atoms with Crippen LogP contribution in [-0.2, 0) is 11.0 Å². The number of hydrogen-bond acceptors (Lipinski definition) is 5. The molecule has 0 atom stereocenters. The van der Waals surface area contributed by atoms with Gasteiger partial charge in [0.25, 0.3) is 0 Å². The number of halogens is 1. The molecule has 0 amide bonds. The lowest BCUT2D eigenvalue weighted by molar-refractivity contribution is 0.275. The molecule has 2 heterocycles. The summed E-state index contributed by atoms with van der Waals surface area (Å²) < 4.78 is 8.31. The zero-order chi connectivity index (χ0) is 21.1. The summed E-state index contributed by atoms with van der Waals surface area (Å²) in [6.45, 7) is 16.9. The molecule has 6 nitrogen and oxygen atoms in total. The van der Waals surface area contributed by atoms with Crippen molar-refractivity contribution in [1.82, 2.24) is 14.5 Å². The van der Waals surface area contributed by atoms with Crippen molar-refractivity contribution >= 4 is 31.6 Å². The van der Waals surface area contributed by atoms with E-state index in [1.165, 1.54) is 0 Å². The number of nitrogen functional groups attached to an aromatic ring is 1. The predicted octanol–water partition coefficient (Wildman–Crippen LogP) is 5.41. The van der Waals surface area contributed by atoms with Gasteiger partial charge >= 0.3 is 0 Å². The first-order chi connectivity index (χ1) is 12.9. The van der Waals surface area contributed by atoms with E-state index in [4.69, 9.17) is 21.8 Å². The number of nitrogens with two attached hydrogens (primary N) is 1.